The molecule has 0 heterocycles. The SMILES string of the molecule is O=C1CCCCC1(F)/C=N\O. The normalized spacial score (nSPS) is 33.0. The van der Waals surface area contributed by atoms with Crippen LogP contribution in [0.2, 0.25) is 0 Å². The maximum absolute atomic E-state index is 13.3. The van der Waals surface area contributed by atoms with E-state index in [1.807, 2.05) is 0 Å². The Bertz CT molecular complexity index is 193. The van der Waals surface area contributed by atoms with Crippen LogP contribution in [-0.2, 0) is 4.79 Å². The molecule has 3 nitrogen and oxygen atoms in total. The van der Waals surface area contributed by atoms with Gasteiger partial charge in [0.05, 0.1) is 6.21 Å². The summed E-state index contributed by atoms with van der Waals surface area (Å²) in [5.41, 5.74) is -1.99. The van der Waals surface area contributed by atoms with Gasteiger partial charge in [-0.2, -0.15) is 0 Å². The van der Waals surface area contributed by atoms with Gasteiger partial charge in [-0.25, -0.2) is 4.39 Å². The number of carbonyl (C=O) groups is 1. The van der Waals surface area contributed by atoms with Crippen molar-refractivity contribution < 1.29 is 14.4 Å². The number of rotatable bonds is 1. The molecule has 0 radical (unpaired) electrons. The molecule has 1 aliphatic rings. The number of ketones is 1. The number of Topliss-reactive ketones (excluding diaryl/α,β-unsaturated/α-hetero) is 1. The lowest BCUT2D eigenvalue weighted by Gasteiger charge is -2.22. The maximum Gasteiger partial charge on any atom is 0.206 e. The first-order chi connectivity index (χ1) is 5.19. The third-order valence-corrected chi connectivity index (χ3v) is 1.92. The molecule has 1 saturated carbocycles. The molecule has 0 aromatic heterocycles. The summed E-state index contributed by atoms with van der Waals surface area (Å²) in [4.78, 5) is 10.9. The number of carbonyl (C=O) groups excluding carboxylic acids is 1. The summed E-state index contributed by atoms with van der Waals surface area (Å²) in [5.74, 6) is -0.471. The Labute approximate surface area is 63.9 Å². The van der Waals surface area contributed by atoms with Crippen molar-refractivity contribution in [1.29, 1.82) is 0 Å². The molecule has 1 N–H and O–H groups in total. The first kappa shape index (κ1) is 8.17. The van der Waals surface area contributed by atoms with Crippen LogP contribution in [0.25, 0.3) is 0 Å². The van der Waals surface area contributed by atoms with E-state index in [0.29, 0.717) is 12.6 Å². The van der Waals surface area contributed by atoms with E-state index in [9.17, 15) is 9.18 Å². The lowest BCUT2D eigenvalue weighted by molar-refractivity contribution is -0.128. The maximum atomic E-state index is 13.3. The molecular weight excluding hydrogens is 149 g/mol. The summed E-state index contributed by atoms with van der Waals surface area (Å²) in [6.45, 7) is 0. The molecule has 0 saturated heterocycles. The van der Waals surface area contributed by atoms with E-state index in [1.165, 1.54) is 0 Å². The second-order valence-electron chi connectivity index (χ2n) is 2.74. The van der Waals surface area contributed by atoms with Crippen molar-refractivity contribution in [2.45, 2.75) is 31.4 Å². The number of hydrogen-bond donors (Lipinski definition) is 1. The fourth-order valence-corrected chi connectivity index (χ4v) is 1.24. The molecule has 0 aliphatic heterocycles. The zero-order valence-corrected chi connectivity index (χ0v) is 6.09. The highest BCUT2D eigenvalue weighted by molar-refractivity contribution is 6.03. The van der Waals surface area contributed by atoms with Crippen molar-refractivity contribution in [3.8, 4) is 0 Å². The summed E-state index contributed by atoms with van der Waals surface area (Å²) in [6.07, 6.45) is 2.50. The van der Waals surface area contributed by atoms with Gasteiger partial charge in [-0.15, -0.1) is 0 Å². The summed E-state index contributed by atoms with van der Waals surface area (Å²) >= 11 is 0. The van der Waals surface area contributed by atoms with Crippen molar-refractivity contribution in [2.24, 2.45) is 5.16 Å². The molecule has 1 atom stereocenters. The van der Waals surface area contributed by atoms with E-state index in [4.69, 9.17) is 5.21 Å². The van der Waals surface area contributed by atoms with Crippen molar-refractivity contribution >= 4 is 12.0 Å². The number of oxime groups is 1. The molecule has 1 unspecified atom stereocenters. The van der Waals surface area contributed by atoms with Crippen LogP contribution >= 0.6 is 0 Å². The number of hydrogen-bond acceptors (Lipinski definition) is 3. The molecule has 0 spiro atoms. The van der Waals surface area contributed by atoms with Crippen molar-refractivity contribution in [3.63, 3.8) is 0 Å². The molecule has 0 aromatic carbocycles. The lowest BCUT2D eigenvalue weighted by Crippen LogP contribution is -2.38. The monoisotopic (exact) mass is 159 g/mol. The molecule has 0 bridgehead atoms. The highest BCUT2D eigenvalue weighted by Crippen LogP contribution is 2.26. The molecule has 1 rings (SSSR count). The predicted molar refractivity (Wildman–Crippen MR) is 37.6 cm³/mol. The molecule has 4 heteroatoms. The summed E-state index contributed by atoms with van der Waals surface area (Å²) < 4.78 is 13.3. The van der Waals surface area contributed by atoms with Crippen LogP contribution in [0.15, 0.2) is 5.16 Å². The summed E-state index contributed by atoms with van der Waals surface area (Å²) in [6, 6.07) is 0. The third kappa shape index (κ3) is 1.56. The van der Waals surface area contributed by atoms with Gasteiger partial charge in [0.1, 0.15) is 0 Å². The van der Waals surface area contributed by atoms with E-state index in [0.717, 1.165) is 6.42 Å². The number of alkyl halides is 1. The second kappa shape index (κ2) is 2.98. The Morgan fingerprint density at radius 1 is 1.64 bits per heavy atom. The van der Waals surface area contributed by atoms with Crippen LogP contribution in [0.4, 0.5) is 4.39 Å². The van der Waals surface area contributed by atoms with Gasteiger partial charge in [0.2, 0.25) is 5.67 Å². The van der Waals surface area contributed by atoms with Gasteiger partial charge >= 0.3 is 0 Å². The minimum atomic E-state index is -1.99. The van der Waals surface area contributed by atoms with Crippen LogP contribution < -0.4 is 0 Å². The Balaban J connectivity index is 2.72. The van der Waals surface area contributed by atoms with Gasteiger partial charge < -0.3 is 5.21 Å². The minimum absolute atomic E-state index is 0.149. The average molecular weight is 159 g/mol. The average Bonchev–Trinajstić information content (AvgIpc) is 1.96. The first-order valence-corrected chi connectivity index (χ1v) is 3.60. The Kier molecular flexibility index (Phi) is 2.22. The fraction of sp³-hybridized carbons (Fsp3) is 0.714. The Hall–Kier alpha value is -0.930. The van der Waals surface area contributed by atoms with Gasteiger partial charge in [0, 0.05) is 6.42 Å². The van der Waals surface area contributed by atoms with Gasteiger partial charge in [0.15, 0.2) is 5.78 Å². The van der Waals surface area contributed by atoms with Gasteiger partial charge in [0.25, 0.3) is 0 Å². The van der Waals surface area contributed by atoms with Crippen LogP contribution in [0.1, 0.15) is 25.7 Å². The quantitative estimate of drug-likeness (QED) is 0.356. The van der Waals surface area contributed by atoms with Gasteiger partial charge in [-0.1, -0.05) is 5.16 Å². The van der Waals surface area contributed by atoms with E-state index in [2.05, 4.69) is 5.16 Å². The second-order valence-corrected chi connectivity index (χ2v) is 2.74. The minimum Gasteiger partial charge on any atom is -0.411 e. The fourth-order valence-electron chi connectivity index (χ4n) is 1.24. The topological polar surface area (TPSA) is 49.7 Å². The van der Waals surface area contributed by atoms with Crippen molar-refractivity contribution in [2.75, 3.05) is 0 Å². The van der Waals surface area contributed by atoms with Crippen LogP contribution in [0, 0.1) is 0 Å². The number of nitrogens with zero attached hydrogens (tertiary/aromatic N) is 1. The largest absolute Gasteiger partial charge is 0.411 e. The van der Waals surface area contributed by atoms with Gasteiger partial charge in [-0.3, -0.25) is 4.79 Å². The van der Waals surface area contributed by atoms with E-state index in [-0.39, 0.29) is 12.8 Å². The number of halogens is 1. The lowest BCUT2D eigenvalue weighted by atomic mass is 9.86. The molecule has 62 valence electrons. The zero-order chi connectivity index (χ0) is 8.32. The van der Waals surface area contributed by atoms with E-state index < -0.39 is 11.5 Å². The molecule has 0 aromatic rings. The molecule has 1 fully saturated rings. The summed E-state index contributed by atoms with van der Waals surface area (Å²) in [7, 11) is 0. The zero-order valence-electron chi connectivity index (χ0n) is 6.09. The van der Waals surface area contributed by atoms with Crippen molar-refractivity contribution in [1.82, 2.24) is 0 Å². The van der Waals surface area contributed by atoms with Crippen molar-refractivity contribution in [3.05, 3.63) is 0 Å². The smallest absolute Gasteiger partial charge is 0.206 e. The van der Waals surface area contributed by atoms with Crippen LogP contribution in [-0.4, -0.2) is 22.9 Å². The highest BCUT2D eigenvalue weighted by Gasteiger charge is 2.38. The molecule has 0 amide bonds. The molecule has 1 aliphatic carbocycles. The highest BCUT2D eigenvalue weighted by atomic mass is 19.1. The predicted octanol–water partition coefficient (Wildman–Crippen LogP) is 1.30. The molecule has 11 heavy (non-hydrogen) atoms. The van der Waals surface area contributed by atoms with Gasteiger partial charge in [-0.05, 0) is 19.3 Å². The molecular formula is C7H10FNO2. The standard InChI is InChI=1S/C7H10FNO2/c8-7(5-9-11)4-2-1-3-6(7)10/h5,11H,1-4H2/b9-5-. The first-order valence-electron chi connectivity index (χ1n) is 3.60. The van der Waals surface area contributed by atoms with E-state index >= 15 is 0 Å². The van der Waals surface area contributed by atoms with Crippen LogP contribution in [0.5, 0.6) is 0 Å². The Morgan fingerprint density at radius 2 is 2.36 bits per heavy atom. The summed E-state index contributed by atoms with van der Waals surface area (Å²) in [5, 5.41) is 10.6. The van der Waals surface area contributed by atoms with E-state index in [1.54, 1.807) is 0 Å². The van der Waals surface area contributed by atoms with Crippen LogP contribution in [0.3, 0.4) is 0 Å². The Morgan fingerprint density at radius 3 is 2.91 bits per heavy atom. The third-order valence-electron chi connectivity index (χ3n) is 1.92.